The Kier molecular flexibility index (Phi) is 17.3. The Bertz CT molecular complexity index is 477. The zero-order chi connectivity index (χ0) is 22.8. The molecule has 0 radical (unpaired) electrons. The Balaban J connectivity index is 3.47. The third-order valence-corrected chi connectivity index (χ3v) is 4.15. The first-order valence-electron chi connectivity index (χ1n) is 10.2. The molecule has 0 saturated carbocycles. The Morgan fingerprint density at radius 1 is 0.567 bits per heavy atom. The van der Waals surface area contributed by atoms with Gasteiger partial charge in [-0.2, -0.15) is 0 Å². The fourth-order valence-electron chi connectivity index (χ4n) is 2.13. The minimum atomic E-state index is -0.661. The van der Waals surface area contributed by atoms with Crippen LogP contribution in [0.15, 0.2) is 0 Å². The van der Waals surface area contributed by atoms with Gasteiger partial charge >= 0.3 is 23.9 Å². The molecule has 0 aliphatic heterocycles. The van der Waals surface area contributed by atoms with Crippen LogP contribution in [-0.4, -0.2) is 61.1 Å². The van der Waals surface area contributed by atoms with Gasteiger partial charge in [0.1, 0.15) is 24.0 Å². The molecular formula is C20H32Cl2O8. The molecule has 30 heavy (non-hydrogen) atoms. The summed E-state index contributed by atoms with van der Waals surface area (Å²) in [6.45, 7) is 3.67. The summed E-state index contributed by atoms with van der Waals surface area (Å²) < 4.78 is 19.8. The van der Waals surface area contributed by atoms with E-state index in [-0.39, 0.29) is 51.2 Å². The fraction of sp³-hybridized carbons (Fsp3) is 0.800. The SMILES string of the molecule is CC(Cl)C(=O)OCCCCCC(=O)OCCOC(=O)CCCCCOC(=O)C(C)Cl. The maximum Gasteiger partial charge on any atom is 0.323 e. The summed E-state index contributed by atoms with van der Waals surface area (Å²) in [7, 11) is 0. The number of rotatable bonds is 17. The maximum absolute atomic E-state index is 11.6. The highest BCUT2D eigenvalue weighted by Gasteiger charge is 2.11. The van der Waals surface area contributed by atoms with Crippen LogP contribution in [0.5, 0.6) is 0 Å². The fourth-order valence-corrected chi connectivity index (χ4v) is 2.25. The predicted molar refractivity (Wildman–Crippen MR) is 111 cm³/mol. The van der Waals surface area contributed by atoms with Crippen LogP contribution in [0.25, 0.3) is 0 Å². The van der Waals surface area contributed by atoms with Crippen LogP contribution in [0.2, 0.25) is 0 Å². The first-order chi connectivity index (χ1) is 14.2. The lowest BCUT2D eigenvalue weighted by molar-refractivity contribution is -0.152. The molecule has 0 saturated heterocycles. The van der Waals surface area contributed by atoms with Gasteiger partial charge in [0, 0.05) is 12.8 Å². The molecule has 0 N–H and O–H groups in total. The summed E-state index contributed by atoms with van der Waals surface area (Å²) in [5, 5.41) is -1.32. The number of halogens is 2. The van der Waals surface area contributed by atoms with Crippen molar-refractivity contribution in [3.8, 4) is 0 Å². The average molecular weight is 471 g/mol. The third-order valence-electron chi connectivity index (χ3n) is 3.80. The number of unbranched alkanes of at least 4 members (excludes halogenated alkanes) is 4. The van der Waals surface area contributed by atoms with E-state index in [2.05, 4.69) is 0 Å². The van der Waals surface area contributed by atoms with E-state index in [1.807, 2.05) is 0 Å². The van der Waals surface area contributed by atoms with Gasteiger partial charge in [-0.3, -0.25) is 19.2 Å². The van der Waals surface area contributed by atoms with Gasteiger partial charge in [-0.15, -0.1) is 23.2 Å². The van der Waals surface area contributed by atoms with Gasteiger partial charge in [0.05, 0.1) is 13.2 Å². The van der Waals surface area contributed by atoms with Crippen molar-refractivity contribution in [3.05, 3.63) is 0 Å². The molecule has 174 valence electrons. The monoisotopic (exact) mass is 470 g/mol. The average Bonchev–Trinajstić information content (AvgIpc) is 2.69. The molecule has 0 bridgehead atoms. The molecule has 0 aromatic carbocycles. The summed E-state index contributed by atoms with van der Waals surface area (Å²) in [5.74, 6) is -1.63. The second-order valence-corrected chi connectivity index (χ2v) is 7.94. The van der Waals surface area contributed by atoms with Crippen LogP contribution >= 0.6 is 23.2 Å². The molecule has 0 amide bonds. The molecule has 0 fully saturated rings. The second-order valence-electron chi connectivity index (χ2n) is 6.63. The highest BCUT2D eigenvalue weighted by Crippen LogP contribution is 2.05. The third kappa shape index (κ3) is 17.3. The molecule has 2 atom stereocenters. The zero-order valence-corrected chi connectivity index (χ0v) is 19.2. The lowest BCUT2D eigenvalue weighted by atomic mass is 10.2. The van der Waals surface area contributed by atoms with Crippen LogP contribution in [0.4, 0.5) is 0 Å². The van der Waals surface area contributed by atoms with E-state index in [1.54, 1.807) is 13.8 Å². The Morgan fingerprint density at radius 2 is 0.933 bits per heavy atom. The van der Waals surface area contributed by atoms with E-state index in [4.69, 9.17) is 42.1 Å². The Morgan fingerprint density at radius 3 is 1.27 bits per heavy atom. The summed E-state index contributed by atoms with van der Waals surface area (Å²) in [5.41, 5.74) is 0. The normalized spacial score (nSPS) is 12.5. The molecule has 2 unspecified atom stereocenters. The number of hydrogen-bond acceptors (Lipinski definition) is 8. The van der Waals surface area contributed by atoms with Crippen LogP contribution in [0.3, 0.4) is 0 Å². The first-order valence-corrected chi connectivity index (χ1v) is 11.0. The molecular weight excluding hydrogens is 439 g/mol. The smallest absolute Gasteiger partial charge is 0.323 e. The number of alkyl halides is 2. The standard InChI is InChI=1S/C20H32Cl2O8/c1-15(21)19(25)29-11-7-3-5-9-17(23)27-13-14-28-18(24)10-6-4-8-12-30-20(26)16(2)22/h15-16H,3-14H2,1-2H3. The minimum Gasteiger partial charge on any atom is -0.465 e. The number of carbonyl (C=O) groups excluding carboxylic acids is 4. The summed E-state index contributed by atoms with van der Waals surface area (Å²) in [6, 6.07) is 0. The van der Waals surface area contributed by atoms with Crippen LogP contribution in [0, 0.1) is 0 Å². The van der Waals surface area contributed by atoms with Crippen molar-refractivity contribution in [2.75, 3.05) is 26.4 Å². The van der Waals surface area contributed by atoms with Crippen LogP contribution in [0.1, 0.15) is 65.2 Å². The number of esters is 4. The van der Waals surface area contributed by atoms with Crippen molar-refractivity contribution in [3.63, 3.8) is 0 Å². The lowest BCUT2D eigenvalue weighted by Gasteiger charge is -2.08. The summed E-state index contributed by atoms with van der Waals surface area (Å²) in [4.78, 5) is 45.4. The van der Waals surface area contributed by atoms with Crippen molar-refractivity contribution >= 4 is 47.1 Å². The molecule has 0 aromatic heterocycles. The molecule has 0 spiro atoms. The van der Waals surface area contributed by atoms with Crippen molar-refractivity contribution in [2.45, 2.75) is 76.0 Å². The predicted octanol–water partition coefficient (Wildman–Crippen LogP) is 3.53. The van der Waals surface area contributed by atoms with Gasteiger partial charge in [0.2, 0.25) is 0 Å². The molecule has 10 heteroatoms. The van der Waals surface area contributed by atoms with Crippen molar-refractivity contribution < 1.29 is 38.1 Å². The van der Waals surface area contributed by atoms with Crippen LogP contribution < -0.4 is 0 Å². The minimum absolute atomic E-state index is 0.0162. The quantitative estimate of drug-likeness (QED) is 0.137. The van der Waals surface area contributed by atoms with Crippen molar-refractivity contribution in [1.29, 1.82) is 0 Å². The molecule has 0 aromatic rings. The highest BCUT2D eigenvalue weighted by molar-refractivity contribution is 6.29. The van der Waals surface area contributed by atoms with Gasteiger partial charge in [0.15, 0.2) is 0 Å². The Hall–Kier alpha value is -1.54. The Labute approximate surface area is 187 Å². The van der Waals surface area contributed by atoms with E-state index in [9.17, 15) is 19.2 Å². The van der Waals surface area contributed by atoms with Gasteiger partial charge < -0.3 is 18.9 Å². The number of hydrogen-bond donors (Lipinski definition) is 0. The van der Waals surface area contributed by atoms with E-state index < -0.39 is 22.7 Å². The first kappa shape index (κ1) is 28.5. The molecule has 0 aliphatic rings. The van der Waals surface area contributed by atoms with E-state index in [1.165, 1.54) is 0 Å². The van der Waals surface area contributed by atoms with E-state index in [0.29, 0.717) is 25.7 Å². The van der Waals surface area contributed by atoms with Gasteiger partial charge in [-0.25, -0.2) is 0 Å². The molecule has 0 aliphatic carbocycles. The van der Waals surface area contributed by atoms with Crippen molar-refractivity contribution in [2.24, 2.45) is 0 Å². The van der Waals surface area contributed by atoms with E-state index in [0.717, 1.165) is 12.8 Å². The number of ether oxygens (including phenoxy) is 4. The maximum atomic E-state index is 11.6. The largest absolute Gasteiger partial charge is 0.465 e. The van der Waals surface area contributed by atoms with E-state index >= 15 is 0 Å². The zero-order valence-electron chi connectivity index (χ0n) is 17.7. The number of carbonyl (C=O) groups is 4. The second kappa shape index (κ2) is 18.2. The van der Waals surface area contributed by atoms with Gasteiger partial charge in [0.25, 0.3) is 0 Å². The molecule has 0 rings (SSSR count). The molecule has 8 nitrogen and oxygen atoms in total. The lowest BCUT2D eigenvalue weighted by Crippen LogP contribution is -2.15. The topological polar surface area (TPSA) is 105 Å². The highest BCUT2D eigenvalue weighted by atomic mass is 35.5. The van der Waals surface area contributed by atoms with Crippen molar-refractivity contribution in [1.82, 2.24) is 0 Å². The van der Waals surface area contributed by atoms with Gasteiger partial charge in [-0.05, 0) is 52.4 Å². The summed E-state index contributed by atoms with van der Waals surface area (Å²) in [6.07, 6.45) is 4.47. The summed E-state index contributed by atoms with van der Waals surface area (Å²) >= 11 is 11.1. The van der Waals surface area contributed by atoms with Crippen LogP contribution in [-0.2, 0) is 38.1 Å². The van der Waals surface area contributed by atoms with Gasteiger partial charge in [-0.1, -0.05) is 0 Å². The molecule has 0 heterocycles.